The van der Waals surface area contributed by atoms with Gasteiger partial charge in [-0.15, -0.1) is 0 Å². The first kappa shape index (κ1) is 57.2. The largest absolute Gasteiger partial charge is 0.309 e. The predicted octanol–water partition coefficient (Wildman–Crippen LogP) is 24.9. The molecule has 5 heteroatoms. The highest BCUT2D eigenvalue weighted by molar-refractivity contribution is 6.23. The smallest absolute Gasteiger partial charge is 0.145 e. The van der Waals surface area contributed by atoms with Crippen LogP contribution in [0, 0.1) is 0 Å². The highest BCUT2D eigenvalue weighted by Crippen LogP contribution is 2.48. The summed E-state index contributed by atoms with van der Waals surface area (Å²) in [5, 5.41) is 14.9. The molecule has 5 nitrogen and oxygen atoms in total. The minimum atomic E-state index is 0.927. The van der Waals surface area contributed by atoms with Gasteiger partial charge in [0.1, 0.15) is 5.82 Å². The second-order valence-corrected chi connectivity index (χ2v) is 25.5. The Morgan fingerprint density at radius 3 is 0.909 bits per heavy atom. The summed E-state index contributed by atoms with van der Waals surface area (Å²) in [4.78, 5) is 9.92. The molecule has 0 spiro atoms. The molecule has 0 bridgehead atoms. The highest BCUT2D eigenvalue weighted by Gasteiger charge is 2.23. The van der Waals surface area contributed by atoms with Gasteiger partial charge in [0.2, 0.25) is 0 Å². The minimum Gasteiger partial charge on any atom is -0.309 e. The molecular weight excluding hydrogens is 1200 g/mol. The lowest BCUT2D eigenvalue weighted by Gasteiger charge is -2.19. The first-order valence-electron chi connectivity index (χ1n) is 33.9. The zero-order valence-corrected chi connectivity index (χ0v) is 54.0. The molecule has 0 aliphatic carbocycles. The Kier molecular flexibility index (Phi) is 13.8. The molecule has 0 aliphatic heterocycles. The van der Waals surface area contributed by atoms with E-state index in [2.05, 4.69) is 372 Å². The van der Waals surface area contributed by atoms with E-state index < -0.39 is 0 Å². The van der Waals surface area contributed by atoms with E-state index in [1.54, 1.807) is 0 Å². The Balaban J connectivity index is 0.000000141. The third kappa shape index (κ3) is 9.62. The van der Waals surface area contributed by atoms with Crippen molar-refractivity contribution >= 4 is 97.7 Å². The van der Waals surface area contributed by atoms with Crippen molar-refractivity contribution in [3.8, 4) is 84.1 Å². The molecule has 20 rings (SSSR count). The molecule has 0 radical (unpaired) electrons. The van der Waals surface area contributed by atoms with E-state index in [0.29, 0.717) is 0 Å². The van der Waals surface area contributed by atoms with Gasteiger partial charge >= 0.3 is 0 Å². The molecule has 4 heterocycles. The average Bonchev–Trinajstić information content (AvgIpc) is 1.47. The number of fused-ring (bicyclic) bond motifs is 11. The minimum absolute atomic E-state index is 0.927. The summed E-state index contributed by atoms with van der Waals surface area (Å²) in [5.41, 5.74) is 23.3. The Bertz CT molecular complexity index is 6330. The van der Waals surface area contributed by atoms with Crippen molar-refractivity contribution in [3.63, 3.8) is 0 Å². The van der Waals surface area contributed by atoms with E-state index in [1.165, 1.54) is 126 Å². The number of imidazole rings is 1. The Morgan fingerprint density at radius 2 is 0.475 bits per heavy atom. The summed E-state index contributed by atoms with van der Waals surface area (Å²) in [6.07, 6.45) is 3.96. The van der Waals surface area contributed by atoms with E-state index in [-0.39, 0.29) is 0 Å². The van der Waals surface area contributed by atoms with Gasteiger partial charge in [0, 0.05) is 67.7 Å². The summed E-state index contributed by atoms with van der Waals surface area (Å²) in [5.74, 6) is 0.927. The topological polar surface area (TPSA) is 40.6 Å². The van der Waals surface area contributed by atoms with E-state index >= 15 is 0 Å². The molecule has 20 aromatic rings. The zero-order chi connectivity index (χ0) is 65.3. The van der Waals surface area contributed by atoms with Crippen molar-refractivity contribution in [1.29, 1.82) is 0 Å². The van der Waals surface area contributed by atoms with Crippen LogP contribution < -0.4 is 0 Å². The first-order chi connectivity index (χ1) is 49.2. The maximum Gasteiger partial charge on any atom is 0.145 e. The summed E-state index contributed by atoms with van der Waals surface area (Å²) < 4.78 is 7.08. The molecule has 0 aliphatic rings. The summed E-state index contributed by atoms with van der Waals surface area (Å²) in [6.45, 7) is 0. The van der Waals surface area contributed by atoms with Crippen LogP contribution in [0.15, 0.2) is 370 Å². The van der Waals surface area contributed by atoms with Crippen molar-refractivity contribution < 1.29 is 0 Å². The number of pyridine rings is 1. The molecule has 0 atom stereocenters. The molecule has 16 aromatic carbocycles. The van der Waals surface area contributed by atoms with Gasteiger partial charge in [0.05, 0.1) is 33.1 Å². The summed E-state index contributed by atoms with van der Waals surface area (Å²) in [7, 11) is 0. The van der Waals surface area contributed by atoms with Gasteiger partial charge in [-0.2, -0.15) is 0 Å². The number of para-hydroxylation sites is 7. The Labute approximate surface area is 572 Å². The van der Waals surface area contributed by atoms with Gasteiger partial charge in [-0.05, 0) is 173 Å². The molecule has 462 valence electrons. The average molecular weight is 1260 g/mol. The van der Waals surface area contributed by atoms with Gasteiger partial charge in [-0.25, -0.2) is 4.98 Å². The van der Waals surface area contributed by atoms with Gasteiger partial charge < -0.3 is 9.13 Å². The van der Waals surface area contributed by atoms with Crippen molar-refractivity contribution in [2.75, 3.05) is 0 Å². The van der Waals surface area contributed by atoms with Crippen molar-refractivity contribution in [1.82, 2.24) is 23.7 Å². The van der Waals surface area contributed by atoms with Gasteiger partial charge in [0.15, 0.2) is 0 Å². The Morgan fingerprint density at radius 1 is 0.182 bits per heavy atom. The van der Waals surface area contributed by atoms with Gasteiger partial charge in [-0.3, -0.25) is 9.55 Å². The number of benzene rings is 16. The fraction of sp³-hybridized carbons (Fsp3) is 0. The normalized spacial score (nSPS) is 11.6. The molecule has 99 heavy (non-hydrogen) atoms. The van der Waals surface area contributed by atoms with E-state index in [9.17, 15) is 0 Å². The van der Waals surface area contributed by atoms with Crippen LogP contribution in [0.2, 0.25) is 0 Å². The van der Waals surface area contributed by atoms with Crippen LogP contribution in [0.4, 0.5) is 0 Å². The fourth-order valence-corrected chi connectivity index (χ4v) is 15.7. The molecule has 0 N–H and O–H groups in total. The van der Waals surface area contributed by atoms with Crippen LogP contribution in [-0.2, 0) is 0 Å². The number of hydrogen-bond acceptors (Lipinski definition) is 2. The van der Waals surface area contributed by atoms with Crippen molar-refractivity contribution in [2.45, 2.75) is 0 Å². The molecule has 0 fully saturated rings. The van der Waals surface area contributed by atoms with Crippen molar-refractivity contribution in [3.05, 3.63) is 370 Å². The Hall–Kier alpha value is -13.2. The molecule has 0 saturated carbocycles. The first-order valence-corrected chi connectivity index (χ1v) is 33.9. The molecular formula is C94H61N5. The van der Waals surface area contributed by atoms with Gasteiger partial charge in [0.25, 0.3) is 0 Å². The summed E-state index contributed by atoms with van der Waals surface area (Å²) >= 11 is 0. The van der Waals surface area contributed by atoms with E-state index in [1.807, 2.05) is 12.4 Å². The lowest BCUT2D eigenvalue weighted by molar-refractivity contribution is 1.10. The molecule has 0 saturated heterocycles. The number of nitrogens with zero attached hydrogens (tertiary/aromatic N) is 5. The second-order valence-electron chi connectivity index (χ2n) is 25.5. The lowest BCUT2D eigenvalue weighted by Crippen LogP contribution is -1.97. The van der Waals surface area contributed by atoms with Crippen LogP contribution >= 0.6 is 0 Å². The number of rotatable bonds is 9. The van der Waals surface area contributed by atoms with Crippen LogP contribution in [0.3, 0.4) is 0 Å². The highest BCUT2D eigenvalue weighted by atomic mass is 15.1. The zero-order valence-electron chi connectivity index (χ0n) is 54.0. The van der Waals surface area contributed by atoms with Gasteiger partial charge in [-0.1, -0.05) is 273 Å². The summed E-state index contributed by atoms with van der Waals surface area (Å²) in [6, 6.07) is 129. The van der Waals surface area contributed by atoms with Crippen LogP contribution in [0.5, 0.6) is 0 Å². The van der Waals surface area contributed by atoms with E-state index in [0.717, 1.165) is 56.2 Å². The number of hydrogen-bond donors (Lipinski definition) is 0. The maximum atomic E-state index is 5.20. The standard InChI is InChI=1S/C51H33N3.C43H28N2/c1-2-19-37(20-3-1)54-48-31-13-10-28-45(48)52-51(54)36-18-14-16-34(32-36)49-41-24-4-6-26-43(41)50(44-27-7-5-25-42(44)49)35-17-15-21-38(33-35)53-46-29-11-8-22-39(46)40-23-9-12-30-47(40)53;1-2-13-29(14-3-1)31-25-32(28-44-27-31)43-38-21-6-4-19-36(38)42(37-20-5-7-22-39(37)43)30-15-12-16-33(26-30)45-40-23-10-8-17-34(40)35-18-9-11-24-41(35)45/h1-33H;1-28H. The fourth-order valence-electron chi connectivity index (χ4n) is 15.7. The van der Waals surface area contributed by atoms with E-state index in [4.69, 9.17) is 9.97 Å². The lowest BCUT2D eigenvalue weighted by atomic mass is 9.85. The molecule has 0 amide bonds. The van der Waals surface area contributed by atoms with Crippen molar-refractivity contribution in [2.24, 2.45) is 0 Å². The van der Waals surface area contributed by atoms with Crippen LogP contribution in [0.25, 0.3) is 182 Å². The van der Waals surface area contributed by atoms with Crippen LogP contribution in [0.1, 0.15) is 0 Å². The maximum absolute atomic E-state index is 5.20. The monoisotopic (exact) mass is 1260 g/mol. The molecule has 4 aromatic heterocycles. The third-order valence-corrected chi connectivity index (χ3v) is 19.9. The quantitative estimate of drug-likeness (QED) is 0.135. The number of aromatic nitrogens is 5. The third-order valence-electron chi connectivity index (χ3n) is 19.9. The SMILES string of the molecule is c1ccc(-c2cncc(-c3c4ccccc4c(-c4cccc(-n5c6ccccc6c6ccccc65)c4)c4ccccc34)c2)cc1.c1ccc(-n2c(-c3cccc(-c4c5ccccc5c(-c5cccc(-n6c7ccccc7c7ccccc76)c5)c5ccccc45)c3)nc3ccccc32)cc1. The molecule has 0 unspecified atom stereocenters. The van der Waals surface area contributed by atoms with Crippen LogP contribution in [-0.4, -0.2) is 23.7 Å². The predicted molar refractivity (Wildman–Crippen MR) is 417 cm³/mol. The second kappa shape index (κ2) is 23.9.